The average Bonchev–Trinajstić information content (AvgIpc) is 2.32. The second kappa shape index (κ2) is 4.37. The summed E-state index contributed by atoms with van der Waals surface area (Å²) in [6, 6.07) is 6.52. The number of para-hydroxylation sites is 1. The quantitative estimate of drug-likeness (QED) is 0.863. The van der Waals surface area contributed by atoms with E-state index < -0.39 is 0 Å². The molecule has 0 aliphatic carbocycles. The highest BCUT2D eigenvalue weighted by Crippen LogP contribution is 2.27. The van der Waals surface area contributed by atoms with Crippen LogP contribution in [0.1, 0.15) is 5.56 Å². The number of hydrogen-bond acceptors (Lipinski definition) is 4. The number of nitrogens with two attached hydrogens (primary N) is 1. The van der Waals surface area contributed by atoms with E-state index in [2.05, 4.69) is 9.97 Å². The van der Waals surface area contributed by atoms with E-state index in [1.54, 1.807) is 30.1 Å². The first-order valence-electron chi connectivity index (χ1n) is 5.16. The van der Waals surface area contributed by atoms with Gasteiger partial charge in [0.15, 0.2) is 0 Å². The van der Waals surface area contributed by atoms with Crippen LogP contribution in [0.3, 0.4) is 0 Å². The highest BCUT2D eigenvalue weighted by Gasteiger charge is 2.13. The largest absolute Gasteiger partial charge is 0.383 e. The predicted octanol–water partition coefficient (Wildman–Crippen LogP) is 2.27. The van der Waals surface area contributed by atoms with Gasteiger partial charge >= 0.3 is 0 Å². The van der Waals surface area contributed by atoms with Gasteiger partial charge in [-0.15, -0.1) is 0 Å². The number of hydrogen-bond donors (Lipinski definition) is 1. The number of halogens is 1. The average molecular weight is 232 g/mol. The van der Waals surface area contributed by atoms with Crippen molar-refractivity contribution in [1.82, 2.24) is 9.97 Å². The minimum atomic E-state index is -0.299. The Balaban J connectivity index is 2.48. The van der Waals surface area contributed by atoms with Crippen LogP contribution in [0.5, 0.6) is 0 Å². The van der Waals surface area contributed by atoms with Gasteiger partial charge in [-0.05, 0) is 19.1 Å². The van der Waals surface area contributed by atoms with Crippen LogP contribution in [0.2, 0.25) is 0 Å². The smallest absolute Gasteiger partial charge is 0.146 e. The molecular formula is C12H13FN4. The van der Waals surface area contributed by atoms with Crippen LogP contribution >= 0.6 is 0 Å². The van der Waals surface area contributed by atoms with Crippen LogP contribution < -0.4 is 10.6 Å². The zero-order chi connectivity index (χ0) is 12.4. The van der Waals surface area contributed by atoms with Crippen molar-refractivity contribution >= 4 is 17.3 Å². The van der Waals surface area contributed by atoms with Gasteiger partial charge in [0.2, 0.25) is 0 Å². The lowest BCUT2D eigenvalue weighted by molar-refractivity contribution is 0.627. The first-order chi connectivity index (χ1) is 8.11. The molecule has 1 heterocycles. The molecule has 0 fully saturated rings. The van der Waals surface area contributed by atoms with Crippen LogP contribution in [0.15, 0.2) is 30.6 Å². The van der Waals surface area contributed by atoms with Crippen molar-refractivity contribution in [3.05, 3.63) is 42.0 Å². The fraction of sp³-hybridized carbons (Fsp3) is 0.167. The van der Waals surface area contributed by atoms with Gasteiger partial charge < -0.3 is 10.6 Å². The third-order valence-corrected chi connectivity index (χ3v) is 2.63. The van der Waals surface area contributed by atoms with E-state index in [1.807, 2.05) is 6.92 Å². The Kier molecular flexibility index (Phi) is 2.91. The van der Waals surface area contributed by atoms with E-state index in [1.165, 1.54) is 12.4 Å². The van der Waals surface area contributed by atoms with Crippen molar-refractivity contribution in [1.29, 1.82) is 0 Å². The number of nitrogen functional groups attached to an aromatic ring is 1. The van der Waals surface area contributed by atoms with Gasteiger partial charge in [0.1, 0.15) is 23.8 Å². The van der Waals surface area contributed by atoms with E-state index in [0.29, 0.717) is 17.3 Å². The van der Waals surface area contributed by atoms with Gasteiger partial charge in [-0.1, -0.05) is 12.1 Å². The Bertz CT molecular complexity index is 542. The normalized spacial score (nSPS) is 10.3. The molecule has 0 bridgehead atoms. The molecule has 4 nitrogen and oxygen atoms in total. The van der Waals surface area contributed by atoms with Crippen LogP contribution in [-0.4, -0.2) is 17.0 Å². The molecule has 0 amide bonds. The molecule has 2 aromatic rings. The molecule has 1 aromatic heterocycles. The van der Waals surface area contributed by atoms with Crippen LogP contribution in [-0.2, 0) is 0 Å². The molecule has 0 saturated carbocycles. The standard InChI is InChI=1S/C12H13FN4/c1-8-11(14)15-7-16-12(8)17(2)10-6-4-3-5-9(10)13/h3-7H,1-2H3,(H2,14,15,16). The molecule has 1 aromatic carbocycles. The molecule has 2 rings (SSSR count). The minimum Gasteiger partial charge on any atom is -0.383 e. The first-order valence-corrected chi connectivity index (χ1v) is 5.16. The molecule has 0 atom stereocenters. The highest BCUT2D eigenvalue weighted by molar-refractivity contribution is 5.65. The molecular weight excluding hydrogens is 219 g/mol. The summed E-state index contributed by atoms with van der Waals surface area (Å²) in [5.41, 5.74) is 6.89. The van der Waals surface area contributed by atoms with Gasteiger partial charge in [0.05, 0.1) is 5.69 Å². The van der Waals surface area contributed by atoms with E-state index in [-0.39, 0.29) is 5.82 Å². The SMILES string of the molecule is Cc1c(N)ncnc1N(C)c1ccccc1F. The zero-order valence-corrected chi connectivity index (χ0v) is 9.68. The maximum absolute atomic E-state index is 13.6. The summed E-state index contributed by atoms with van der Waals surface area (Å²) in [6.45, 7) is 1.81. The third-order valence-electron chi connectivity index (χ3n) is 2.63. The van der Waals surface area contributed by atoms with E-state index in [0.717, 1.165) is 5.56 Å². The summed E-state index contributed by atoms with van der Waals surface area (Å²) in [4.78, 5) is 9.66. The van der Waals surface area contributed by atoms with Crippen molar-refractivity contribution in [3.63, 3.8) is 0 Å². The lowest BCUT2D eigenvalue weighted by atomic mass is 10.2. The summed E-state index contributed by atoms with van der Waals surface area (Å²) in [6.07, 6.45) is 1.37. The number of rotatable bonds is 2. The fourth-order valence-corrected chi connectivity index (χ4v) is 1.63. The highest BCUT2D eigenvalue weighted by atomic mass is 19.1. The summed E-state index contributed by atoms with van der Waals surface area (Å²) in [5, 5.41) is 0. The Labute approximate surface area is 98.9 Å². The van der Waals surface area contributed by atoms with Crippen LogP contribution in [0.4, 0.5) is 21.7 Å². The Hall–Kier alpha value is -2.17. The van der Waals surface area contributed by atoms with E-state index in [4.69, 9.17) is 5.73 Å². The van der Waals surface area contributed by atoms with Crippen LogP contribution in [0.25, 0.3) is 0 Å². The topological polar surface area (TPSA) is 55.0 Å². The number of aromatic nitrogens is 2. The third kappa shape index (κ3) is 2.04. The molecule has 88 valence electrons. The summed E-state index contributed by atoms with van der Waals surface area (Å²) in [5.74, 6) is 0.701. The summed E-state index contributed by atoms with van der Waals surface area (Å²) in [7, 11) is 1.74. The Morgan fingerprint density at radius 2 is 1.94 bits per heavy atom. The molecule has 5 heteroatoms. The maximum atomic E-state index is 13.6. The van der Waals surface area contributed by atoms with Crippen molar-refractivity contribution in [2.45, 2.75) is 6.92 Å². The molecule has 17 heavy (non-hydrogen) atoms. The van der Waals surface area contributed by atoms with Crippen LogP contribution in [0, 0.1) is 12.7 Å². The maximum Gasteiger partial charge on any atom is 0.146 e. The van der Waals surface area contributed by atoms with Crippen molar-refractivity contribution in [2.24, 2.45) is 0 Å². The molecule has 0 unspecified atom stereocenters. The lowest BCUT2D eigenvalue weighted by Crippen LogP contribution is -2.15. The van der Waals surface area contributed by atoms with Crippen molar-refractivity contribution in [2.75, 3.05) is 17.7 Å². The molecule has 0 aliphatic heterocycles. The number of benzene rings is 1. The predicted molar refractivity (Wildman–Crippen MR) is 65.6 cm³/mol. The lowest BCUT2D eigenvalue weighted by Gasteiger charge is -2.20. The zero-order valence-electron chi connectivity index (χ0n) is 9.68. The Morgan fingerprint density at radius 1 is 1.24 bits per heavy atom. The molecule has 0 radical (unpaired) electrons. The van der Waals surface area contributed by atoms with E-state index >= 15 is 0 Å². The minimum absolute atomic E-state index is 0.299. The van der Waals surface area contributed by atoms with E-state index in [9.17, 15) is 4.39 Å². The van der Waals surface area contributed by atoms with Crippen molar-refractivity contribution < 1.29 is 4.39 Å². The molecule has 0 spiro atoms. The summed E-state index contributed by atoms with van der Waals surface area (Å²) < 4.78 is 13.6. The molecule has 0 aliphatic rings. The molecule has 2 N–H and O–H groups in total. The molecule has 0 saturated heterocycles. The van der Waals surface area contributed by atoms with Gasteiger partial charge in [-0.25, -0.2) is 14.4 Å². The van der Waals surface area contributed by atoms with Gasteiger partial charge in [0, 0.05) is 12.6 Å². The monoisotopic (exact) mass is 232 g/mol. The number of nitrogens with zero attached hydrogens (tertiary/aromatic N) is 3. The first kappa shape index (κ1) is 11.3. The Morgan fingerprint density at radius 3 is 2.65 bits per heavy atom. The van der Waals surface area contributed by atoms with Gasteiger partial charge in [0.25, 0.3) is 0 Å². The second-order valence-corrected chi connectivity index (χ2v) is 3.72. The summed E-state index contributed by atoms with van der Waals surface area (Å²) >= 11 is 0. The fourth-order valence-electron chi connectivity index (χ4n) is 1.63. The van der Waals surface area contributed by atoms with Gasteiger partial charge in [-0.3, -0.25) is 0 Å². The van der Waals surface area contributed by atoms with Crippen molar-refractivity contribution in [3.8, 4) is 0 Å². The number of anilines is 3. The second-order valence-electron chi connectivity index (χ2n) is 3.72. The van der Waals surface area contributed by atoms with Gasteiger partial charge in [-0.2, -0.15) is 0 Å².